The molecule has 1 aliphatic rings. The fraction of sp³-hybridized carbons (Fsp3) is 0.745. The Labute approximate surface area is 388 Å². The van der Waals surface area contributed by atoms with Crippen LogP contribution in [-0.4, -0.2) is 97.5 Å². The Balaban J connectivity index is 2.36. The molecule has 4 N–H and O–H groups in total. The van der Waals surface area contributed by atoms with Crippen molar-refractivity contribution in [3.63, 3.8) is 0 Å². The summed E-state index contributed by atoms with van der Waals surface area (Å²) in [7, 11) is -5.07. The molecule has 6 unspecified atom stereocenters. The van der Waals surface area contributed by atoms with Crippen molar-refractivity contribution in [1.82, 2.24) is 0 Å². The van der Waals surface area contributed by atoms with Crippen molar-refractivity contribution in [2.24, 2.45) is 0 Å². The highest BCUT2D eigenvalue weighted by Crippen LogP contribution is 2.26. The van der Waals surface area contributed by atoms with Crippen LogP contribution in [0.25, 0.3) is 0 Å². The molecular formula is C51H88O12S. The van der Waals surface area contributed by atoms with Crippen LogP contribution >= 0.6 is 0 Å². The van der Waals surface area contributed by atoms with Gasteiger partial charge in [-0.1, -0.05) is 177 Å². The van der Waals surface area contributed by atoms with E-state index in [1.54, 1.807) is 0 Å². The second kappa shape index (κ2) is 41.9. The fourth-order valence-corrected chi connectivity index (χ4v) is 7.64. The average Bonchev–Trinajstić information content (AvgIpc) is 3.27. The quantitative estimate of drug-likeness (QED) is 0.0197. The maximum absolute atomic E-state index is 12.8. The predicted octanol–water partition coefficient (Wildman–Crippen LogP) is 11.1. The van der Waals surface area contributed by atoms with Crippen molar-refractivity contribution in [3.05, 3.63) is 72.9 Å². The van der Waals surface area contributed by atoms with E-state index in [-0.39, 0.29) is 19.6 Å². The number of hydrogen-bond acceptors (Lipinski definition) is 11. The molecule has 12 nitrogen and oxygen atoms in total. The molecule has 0 aromatic heterocycles. The number of ether oxygens (including phenoxy) is 4. The number of allylic oxidation sites excluding steroid dienone is 12. The molecule has 1 saturated heterocycles. The van der Waals surface area contributed by atoms with Crippen LogP contribution in [0.2, 0.25) is 0 Å². The van der Waals surface area contributed by atoms with Gasteiger partial charge in [-0.25, -0.2) is 4.18 Å². The highest BCUT2D eigenvalue weighted by Gasteiger charge is 2.48. The largest absolute Gasteiger partial charge is 0.457 e. The molecule has 1 aliphatic heterocycles. The molecular weight excluding hydrogens is 837 g/mol. The van der Waals surface area contributed by atoms with E-state index in [2.05, 4.69) is 78.8 Å². The molecule has 0 spiro atoms. The molecule has 6 atom stereocenters. The Hall–Kier alpha value is -2.46. The Kier molecular flexibility index (Phi) is 39.0. The van der Waals surface area contributed by atoms with Gasteiger partial charge < -0.3 is 34.3 Å². The molecule has 0 aromatic carbocycles. The molecule has 0 saturated carbocycles. The first-order valence-electron chi connectivity index (χ1n) is 24.7. The van der Waals surface area contributed by atoms with E-state index in [9.17, 15) is 28.5 Å². The molecule has 0 aliphatic carbocycles. The molecule has 1 fully saturated rings. The smallest absolute Gasteiger partial charge is 0.397 e. The normalized spacial score (nSPS) is 20.4. The Morgan fingerprint density at radius 3 is 1.58 bits per heavy atom. The number of hydrogen-bond donors (Lipinski definition) is 4. The minimum absolute atomic E-state index is 0.00316. The summed E-state index contributed by atoms with van der Waals surface area (Å²) in [4.78, 5) is 12.8. The summed E-state index contributed by atoms with van der Waals surface area (Å²) >= 11 is 0. The monoisotopic (exact) mass is 925 g/mol. The van der Waals surface area contributed by atoms with Crippen molar-refractivity contribution in [2.75, 3.05) is 26.4 Å². The number of carbonyl (C=O) groups is 1. The Morgan fingerprint density at radius 2 is 1.08 bits per heavy atom. The van der Waals surface area contributed by atoms with Gasteiger partial charge in [0.25, 0.3) is 0 Å². The van der Waals surface area contributed by atoms with Gasteiger partial charge in [0.15, 0.2) is 6.29 Å². The Morgan fingerprint density at radius 1 is 0.609 bits per heavy atom. The van der Waals surface area contributed by atoms with Crippen LogP contribution in [-0.2, 0) is 38.3 Å². The van der Waals surface area contributed by atoms with E-state index >= 15 is 0 Å². The first kappa shape index (κ1) is 59.6. The van der Waals surface area contributed by atoms with E-state index in [0.29, 0.717) is 13.0 Å². The summed E-state index contributed by atoms with van der Waals surface area (Å²) in [6, 6.07) is 0. The molecule has 13 heteroatoms. The van der Waals surface area contributed by atoms with Gasteiger partial charge in [-0.15, -0.1) is 0 Å². The van der Waals surface area contributed by atoms with Crippen LogP contribution < -0.4 is 0 Å². The lowest BCUT2D eigenvalue weighted by molar-refractivity contribution is -0.301. The molecule has 0 amide bonds. The lowest BCUT2D eigenvalue weighted by atomic mass is 9.99. The summed E-state index contributed by atoms with van der Waals surface area (Å²) < 4.78 is 59.0. The van der Waals surface area contributed by atoms with Crippen LogP contribution in [0.5, 0.6) is 0 Å². The van der Waals surface area contributed by atoms with Gasteiger partial charge in [-0.2, -0.15) is 8.42 Å². The van der Waals surface area contributed by atoms with Gasteiger partial charge in [-0.05, 0) is 70.6 Å². The van der Waals surface area contributed by atoms with Gasteiger partial charge in [-0.3, -0.25) is 9.35 Å². The molecule has 0 bridgehead atoms. The van der Waals surface area contributed by atoms with E-state index in [0.717, 1.165) is 51.4 Å². The van der Waals surface area contributed by atoms with E-state index < -0.39 is 59.8 Å². The minimum Gasteiger partial charge on any atom is -0.457 e. The number of unbranched alkanes of at least 4 members (excludes halogenated alkanes) is 17. The number of esters is 1. The van der Waals surface area contributed by atoms with Gasteiger partial charge in [0.05, 0.1) is 19.8 Å². The minimum atomic E-state index is -5.07. The summed E-state index contributed by atoms with van der Waals surface area (Å²) in [6.07, 6.45) is 45.4. The van der Waals surface area contributed by atoms with E-state index in [1.165, 1.54) is 103 Å². The maximum atomic E-state index is 12.8. The fourth-order valence-electron chi connectivity index (χ4n) is 7.13. The van der Waals surface area contributed by atoms with Gasteiger partial charge >= 0.3 is 16.4 Å². The molecule has 64 heavy (non-hydrogen) atoms. The van der Waals surface area contributed by atoms with Crippen molar-refractivity contribution >= 4 is 16.4 Å². The van der Waals surface area contributed by atoms with E-state index in [4.69, 9.17) is 23.5 Å². The van der Waals surface area contributed by atoms with Crippen LogP contribution in [0.1, 0.15) is 181 Å². The van der Waals surface area contributed by atoms with Crippen molar-refractivity contribution in [1.29, 1.82) is 0 Å². The molecule has 1 rings (SSSR count). The van der Waals surface area contributed by atoms with E-state index in [1.807, 2.05) is 12.2 Å². The van der Waals surface area contributed by atoms with Crippen molar-refractivity contribution in [2.45, 2.75) is 218 Å². The standard InChI is InChI=1S/C51H88O12S/c1-3-5-7-9-11-13-15-17-18-19-20-21-22-23-24-25-26-27-29-31-33-35-37-39-41-59-43-45(44-60-51-49(55)50(63-64(56,57)58)48(54)46(42-52)62-51)61-47(53)40-38-36-34-32-30-28-16-14-12-10-8-6-4-2/h6,8,12,14-15,17,19-20,28,30,34,36,45-46,48-52,54-55H,3-5,7,9-11,13,16,18,21-27,29,31-33,35,37-44H2,1-2H3,(H,56,57,58)/b8-6-,14-12-,17-15-,20-19-,30-28-,36-34-. The lowest BCUT2D eigenvalue weighted by Crippen LogP contribution is -2.60. The zero-order chi connectivity index (χ0) is 46.8. The van der Waals surface area contributed by atoms with Gasteiger partial charge in [0, 0.05) is 13.0 Å². The predicted molar refractivity (Wildman–Crippen MR) is 257 cm³/mol. The number of rotatable bonds is 42. The third-order valence-electron chi connectivity index (χ3n) is 10.8. The van der Waals surface area contributed by atoms with Crippen LogP contribution in [0.3, 0.4) is 0 Å². The molecule has 1 heterocycles. The number of aliphatic hydroxyl groups excluding tert-OH is 3. The third kappa shape index (κ3) is 34.8. The molecule has 0 radical (unpaired) electrons. The maximum Gasteiger partial charge on any atom is 0.397 e. The summed E-state index contributed by atoms with van der Waals surface area (Å²) in [5.41, 5.74) is 0. The summed E-state index contributed by atoms with van der Waals surface area (Å²) in [5.74, 6) is -0.480. The SMILES string of the molecule is CC/C=C\C/C=C\C/C=C\C/C=C\CCC(=O)OC(COCCCCCCCCCCCCCC/C=C\C/C=C\CCCCCCC)COC1OC(CO)C(O)C(OS(=O)(=O)O)C1O. The molecule has 0 aromatic rings. The number of aliphatic hydroxyl groups is 3. The van der Waals surface area contributed by atoms with Crippen LogP contribution in [0, 0.1) is 0 Å². The first-order chi connectivity index (χ1) is 31.1. The second-order valence-electron chi connectivity index (χ2n) is 16.7. The number of carbonyl (C=O) groups excluding carboxylic acids is 1. The topological polar surface area (TPSA) is 178 Å². The zero-order valence-electron chi connectivity index (χ0n) is 39.6. The summed E-state index contributed by atoms with van der Waals surface area (Å²) in [5, 5.41) is 30.7. The van der Waals surface area contributed by atoms with Crippen LogP contribution in [0.4, 0.5) is 0 Å². The highest BCUT2D eigenvalue weighted by atomic mass is 32.3. The highest BCUT2D eigenvalue weighted by molar-refractivity contribution is 7.80. The Bertz CT molecular complexity index is 1390. The average molecular weight is 925 g/mol. The summed E-state index contributed by atoms with van der Waals surface area (Å²) in [6.45, 7) is 3.76. The van der Waals surface area contributed by atoms with Gasteiger partial charge in [0.2, 0.25) is 0 Å². The van der Waals surface area contributed by atoms with Crippen molar-refractivity contribution in [3.8, 4) is 0 Å². The molecule has 370 valence electrons. The van der Waals surface area contributed by atoms with Crippen molar-refractivity contribution < 1.29 is 56.2 Å². The zero-order valence-corrected chi connectivity index (χ0v) is 40.4. The first-order valence-corrected chi connectivity index (χ1v) is 26.1. The third-order valence-corrected chi connectivity index (χ3v) is 11.3. The lowest BCUT2D eigenvalue weighted by Gasteiger charge is -2.41. The van der Waals surface area contributed by atoms with Gasteiger partial charge in [0.1, 0.15) is 30.5 Å². The second-order valence-corrected chi connectivity index (χ2v) is 17.7. The van der Waals surface area contributed by atoms with Crippen LogP contribution in [0.15, 0.2) is 72.9 Å².